The third-order valence-corrected chi connectivity index (χ3v) is 6.49. The fraction of sp³-hybridized carbons (Fsp3) is 0.211. The predicted octanol–water partition coefficient (Wildman–Crippen LogP) is 2.40. The third-order valence-electron chi connectivity index (χ3n) is 4.61. The van der Waals surface area contributed by atoms with E-state index in [2.05, 4.69) is 20.3 Å². The second-order valence-electron chi connectivity index (χ2n) is 6.60. The number of halogens is 2. The van der Waals surface area contributed by atoms with E-state index in [1.807, 2.05) is 17.0 Å². The molecule has 1 fully saturated rings. The number of nitrogens with one attached hydrogen (secondary N) is 1. The zero-order valence-electron chi connectivity index (χ0n) is 15.7. The van der Waals surface area contributed by atoms with Crippen LogP contribution in [0, 0.1) is 11.6 Å². The molecule has 1 aromatic carbocycles. The molecule has 8 nitrogen and oxygen atoms in total. The summed E-state index contributed by atoms with van der Waals surface area (Å²) in [5.41, 5.74) is 0. The minimum absolute atomic E-state index is 0.160. The SMILES string of the molecule is O=S(=O)(c1cc(F)cc(F)c1)N1CCN(c2cc(Nc3ccccn3)ncn2)CC1. The van der Waals surface area contributed by atoms with E-state index in [0.717, 1.165) is 12.1 Å². The number of hydrogen-bond donors (Lipinski definition) is 1. The molecule has 0 spiro atoms. The van der Waals surface area contributed by atoms with Crippen LogP contribution in [-0.2, 0) is 10.0 Å². The predicted molar refractivity (Wildman–Crippen MR) is 107 cm³/mol. The maximum atomic E-state index is 13.4. The Morgan fingerprint density at radius 3 is 2.27 bits per heavy atom. The summed E-state index contributed by atoms with van der Waals surface area (Å²) < 4.78 is 53.6. The zero-order chi connectivity index (χ0) is 21.1. The maximum absolute atomic E-state index is 13.4. The molecule has 156 valence electrons. The van der Waals surface area contributed by atoms with E-state index < -0.39 is 26.6 Å². The number of rotatable bonds is 5. The summed E-state index contributed by atoms with van der Waals surface area (Å²) in [6.07, 6.45) is 3.08. The topological polar surface area (TPSA) is 91.3 Å². The third kappa shape index (κ3) is 4.36. The van der Waals surface area contributed by atoms with E-state index in [9.17, 15) is 17.2 Å². The molecule has 3 aromatic rings. The van der Waals surface area contributed by atoms with Crippen LogP contribution in [0.5, 0.6) is 0 Å². The number of sulfonamides is 1. The van der Waals surface area contributed by atoms with Gasteiger partial charge in [0.05, 0.1) is 4.90 Å². The van der Waals surface area contributed by atoms with Crippen molar-refractivity contribution in [3.05, 3.63) is 66.6 Å². The number of hydrogen-bond acceptors (Lipinski definition) is 7. The number of piperazine rings is 1. The quantitative estimate of drug-likeness (QED) is 0.662. The highest BCUT2D eigenvalue weighted by Crippen LogP contribution is 2.23. The summed E-state index contributed by atoms with van der Waals surface area (Å²) in [4.78, 5) is 14.1. The van der Waals surface area contributed by atoms with Crippen molar-refractivity contribution in [3.8, 4) is 0 Å². The molecule has 0 unspecified atom stereocenters. The summed E-state index contributed by atoms with van der Waals surface area (Å²) in [5, 5.41) is 3.08. The van der Waals surface area contributed by atoms with Crippen LogP contribution in [0.1, 0.15) is 0 Å². The van der Waals surface area contributed by atoms with Crippen LogP contribution in [0.4, 0.5) is 26.2 Å². The van der Waals surface area contributed by atoms with Gasteiger partial charge in [0.15, 0.2) is 0 Å². The summed E-state index contributed by atoms with van der Waals surface area (Å²) in [6, 6.07) is 9.50. The van der Waals surface area contributed by atoms with E-state index in [1.54, 1.807) is 18.3 Å². The van der Waals surface area contributed by atoms with Gasteiger partial charge in [-0.05, 0) is 24.3 Å². The largest absolute Gasteiger partial charge is 0.354 e. The lowest BCUT2D eigenvalue weighted by Gasteiger charge is -2.34. The van der Waals surface area contributed by atoms with Crippen LogP contribution in [0.15, 0.2) is 59.9 Å². The standard InChI is InChI=1S/C19H18F2N6O2S/c20-14-9-15(21)11-16(10-14)30(28,29)27-7-5-26(6-8-27)19-12-18(23-13-24-19)25-17-3-1-2-4-22-17/h1-4,9-13H,5-8H2,(H,22,23,24,25). The number of benzene rings is 1. The van der Waals surface area contributed by atoms with Gasteiger partial charge in [-0.3, -0.25) is 0 Å². The van der Waals surface area contributed by atoms with Crippen molar-refractivity contribution < 1.29 is 17.2 Å². The molecule has 0 atom stereocenters. The van der Waals surface area contributed by atoms with Crippen molar-refractivity contribution in [2.24, 2.45) is 0 Å². The first-order valence-corrected chi connectivity index (χ1v) is 10.6. The normalized spacial score (nSPS) is 15.2. The molecule has 0 aliphatic carbocycles. The molecule has 3 heterocycles. The first kappa shape index (κ1) is 20.1. The van der Waals surface area contributed by atoms with Crippen molar-refractivity contribution in [2.45, 2.75) is 4.90 Å². The average Bonchev–Trinajstić information content (AvgIpc) is 2.74. The summed E-state index contributed by atoms with van der Waals surface area (Å²) in [7, 11) is -3.99. The molecule has 0 amide bonds. The molecule has 0 saturated carbocycles. The number of anilines is 3. The number of aromatic nitrogens is 3. The highest BCUT2D eigenvalue weighted by molar-refractivity contribution is 7.89. The monoisotopic (exact) mass is 432 g/mol. The fourth-order valence-corrected chi connectivity index (χ4v) is 4.61. The molecule has 1 saturated heterocycles. The van der Waals surface area contributed by atoms with Gasteiger partial charge in [-0.2, -0.15) is 4.31 Å². The Kier molecular flexibility index (Phi) is 5.55. The van der Waals surface area contributed by atoms with Crippen LogP contribution < -0.4 is 10.2 Å². The van der Waals surface area contributed by atoms with Gasteiger partial charge in [-0.25, -0.2) is 32.2 Å². The Morgan fingerprint density at radius 2 is 1.60 bits per heavy atom. The average molecular weight is 432 g/mol. The molecule has 11 heteroatoms. The number of pyridine rings is 1. The van der Waals surface area contributed by atoms with Crippen molar-refractivity contribution in [3.63, 3.8) is 0 Å². The molecular weight excluding hydrogens is 414 g/mol. The molecule has 1 aliphatic rings. The molecular formula is C19H18F2N6O2S. The lowest BCUT2D eigenvalue weighted by molar-refractivity contribution is 0.383. The maximum Gasteiger partial charge on any atom is 0.243 e. The Labute approximate surface area is 172 Å². The van der Waals surface area contributed by atoms with E-state index in [1.165, 1.54) is 10.6 Å². The van der Waals surface area contributed by atoms with Gasteiger partial charge < -0.3 is 10.2 Å². The van der Waals surface area contributed by atoms with Gasteiger partial charge >= 0.3 is 0 Å². The van der Waals surface area contributed by atoms with Crippen molar-refractivity contribution in [2.75, 3.05) is 36.4 Å². The zero-order valence-corrected chi connectivity index (χ0v) is 16.6. The number of nitrogens with zero attached hydrogens (tertiary/aromatic N) is 5. The van der Waals surface area contributed by atoms with E-state index in [-0.39, 0.29) is 13.1 Å². The molecule has 1 N–H and O–H groups in total. The second kappa shape index (κ2) is 8.28. The van der Waals surface area contributed by atoms with Gasteiger partial charge in [0.1, 0.15) is 35.4 Å². The molecule has 2 aromatic heterocycles. The summed E-state index contributed by atoms with van der Waals surface area (Å²) in [5.74, 6) is -0.0241. The fourth-order valence-electron chi connectivity index (χ4n) is 3.14. The van der Waals surface area contributed by atoms with Crippen molar-refractivity contribution in [1.29, 1.82) is 0 Å². The summed E-state index contributed by atoms with van der Waals surface area (Å²) >= 11 is 0. The highest BCUT2D eigenvalue weighted by atomic mass is 32.2. The van der Waals surface area contributed by atoms with Crippen LogP contribution in [-0.4, -0.2) is 53.9 Å². The lowest BCUT2D eigenvalue weighted by Crippen LogP contribution is -2.49. The van der Waals surface area contributed by atoms with E-state index in [4.69, 9.17) is 0 Å². The van der Waals surface area contributed by atoms with Gasteiger partial charge in [0.25, 0.3) is 0 Å². The van der Waals surface area contributed by atoms with E-state index in [0.29, 0.717) is 36.6 Å². The van der Waals surface area contributed by atoms with Crippen LogP contribution >= 0.6 is 0 Å². The molecule has 1 aliphatic heterocycles. The van der Waals surface area contributed by atoms with Gasteiger partial charge in [0.2, 0.25) is 10.0 Å². The minimum atomic E-state index is -3.99. The highest BCUT2D eigenvalue weighted by Gasteiger charge is 2.29. The minimum Gasteiger partial charge on any atom is -0.354 e. The lowest BCUT2D eigenvalue weighted by atomic mass is 10.3. The van der Waals surface area contributed by atoms with Gasteiger partial charge in [-0.15, -0.1) is 0 Å². The van der Waals surface area contributed by atoms with Crippen LogP contribution in [0.2, 0.25) is 0 Å². The first-order valence-electron chi connectivity index (χ1n) is 9.13. The van der Waals surface area contributed by atoms with Crippen molar-refractivity contribution in [1.82, 2.24) is 19.3 Å². The summed E-state index contributed by atoms with van der Waals surface area (Å²) in [6.45, 7) is 1.06. The Hall–Kier alpha value is -3.18. The smallest absolute Gasteiger partial charge is 0.243 e. The Morgan fingerprint density at radius 1 is 0.867 bits per heavy atom. The van der Waals surface area contributed by atoms with Gasteiger partial charge in [0, 0.05) is 44.5 Å². The molecule has 0 radical (unpaired) electrons. The van der Waals surface area contributed by atoms with E-state index >= 15 is 0 Å². The van der Waals surface area contributed by atoms with Crippen molar-refractivity contribution >= 4 is 27.5 Å². The second-order valence-corrected chi connectivity index (χ2v) is 8.54. The molecule has 0 bridgehead atoms. The molecule has 30 heavy (non-hydrogen) atoms. The van der Waals surface area contributed by atoms with Crippen LogP contribution in [0.25, 0.3) is 0 Å². The van der Waals surface area contributed by atoms with Gasteiger partial charge in [-0.1, -0.05) is 6.07 Å². The Bertz CT molecular complexity index is 1120. The molecule has 4 rings (SSSR count). The Balaban J connectivity index is 1.45. The first-order chi connectivity index (χ1) is 14.4. The van der Waals surface area contributed by atoms with Crippen LogP contribution in [0.3, 0.4) is 0 Å².